The Kier molecular flexibility index (Phi) is 6.26. The standard InChI is InChI=1S/C24H21N3O5S.ClH/c25-8-1-9-26-23(33)27-13-2-5-17-16(10-13)22(30)32-24(17)18-6-3-14(28)11-20(18)31-21-12-15(29)4-7-19(21)24;/h2-7,10-12,28-29H,1,8-9,25H2,(H2,26,27,33);1H. The zero-order valence-electron chi connectivity index (χ0n) is 17.8. The number of nitrogens with one attached hydrogen (secondary N) is 2. The molecule has 10 heteroatoms. The molecule has 0 bridgehead atoms. The molecule has 176 valence electrons. The van der Waals surface area contributed by atoms with Crippen LogP contribution in [0.25, 0.3) is 0 Å². The Bertz CT molecular complexity index is 1250. The number of benzene rings is 3. The van der Waals surface area contributed by atoms with Crippen LogP contribution in [0.5, 0.6) is 23.0 Å². The summed E-state index contributed by atoms with van der Waals surface area (Å²) in [5, 5.41) is 26.6. The predicted octanol–water partition coefficient (Wildman–Crippen LogP) is 3.72. The van der Waals surface area contributed by atoms with Crippen molar-refractivity contribution in [3.8, 4) is 23.0 Å². The molecule has 0 radical (unpaired) electrons. The quantitative estimate of drug-likeness (QED) is 0.207. The first-order valence-electron chi connectivity index (χ1n) is 10.4. The van der Waals surface area contributed by atoms with Gasteiger partial charge in [-0.3, -0.25) is 0 Å². The molecular formula is C24H22ClN3O5S. The molecule has 2 heterocycles. The number of phenols is 2. The first kappa shape index (κ1) is 23.6. The van der Waals surface area contributed by atoms with Crippen molar-refractivity contribution >= 4 is 41.4 Å². The van der Waals surface area contributed by atoms with E-state index in [1.54, 1.807) is 18.2 Å². The van der Waals surface area contributed by atoms with Crippen molar-refractivity contribution in [1.82, 2.24) is 5.32 Å². The maximum Gasteiger partial charge on any atom is 0.340 e. The number of halogens is 1. The van der Waals surface area contributed by atoms with Gasteiger partial charge in [0, 0.05) is 41.1 Å². The summed E-state index contributed by atoms with van der Waals surface area (Å²) in [6.45, 7) is 1.20. The third-order valence-corrected chi connectivity index (χ3v) is 5.94. The van der Waals surface area contributed by atoms with Gasteiger partial charge in [0.1, 0.15) is 23.0 Å². The number of nitrogens with two attached hydrogens (primary N) is 1. The number of anilines is 1. The van der Waals surface area contributed by atoms with Crippen molar-refractivity contribution < 1.29 is 24.5 Å². The van der Waals surface area contributed by atoms with Crippen LogP contribution in [-0.4, -0.2) is 34.4 Å². The molecule has 0 amide bonds. The second-order valence-electron chi connectivity index (χ2n) is 7.82. The summed E-state index contributed by atoms with van der Waals surface area (Å²) in [5.41, 5.74) is 7.01. The zero-order chi connectivity index (χ0) is 23.2. The molecule has 5 rings (SSSR count). The SMILES string of the molecule is Cl.NCCCNC(=S)Nc1ccc2c(c1)C(=O)OC21c2ccc(O)cc2Oc2cc(O)ccc21. The van der Waals surface area contributed by atoms with E-state index >= 15 is 0 Å². The Morgan fingerprint density at radius 2 is 1.59 bits per heavy atom. The molecule has 0 aromatic heterocycles. The first-order valence-corrected chi connectivity index (χ1v) is 10.8. The average Bonchev–Trinajstić information content (AvgIpc) is 3.06. The normalized spacial score (nSPS) is 14.1. The highest BCUT2D eigenvalue weighted by Gasteiger charge is 2.53. The van der Waals surface area contributed by atoms with Crippen LogP contribution in [0.2, 0.25) is 0 Å². The first-order chi connectivity index (χ1) is 15.9. The van der Waals surface area contributed by atoms with Gasteiger partial charge in [0.25, 0.3) is 0 Å². The predicted molar refractivity (Wildman–Crippen MR) is 133 cm³/mol. The number of hydrogen-bond acceptors (Lipinski definition) is 7. The van der Waals surface area contributed by atoms with E-state index in [2.05, 4.69) is 10.6 Å². The maximum absolute atomic E-state index is 13.1. The molecule has 0 saturated carbocycles. The molecule has 0 aliphatic carbocycles. The van der Waals surface area contributed by atoms with E-state index in [9.17, 15) is 15.0 Å². The van der Waals surface area contributed by atoms with Gasteiger partial charge in [0.15, 0.2) is 10.7 Å². The minimum absolute atomic E-state index is 0. The molecular weight excluding hydrogens is 478 g/mol. The van der Waals surface area contributed by atoms with Gasteiger partial charge in [-0.25, -0.2) is 4.79 Å². The van der Waals surface area contributed by atoms with Crippen LogP contribution < -0.4 is 21.1 Å². The van der Waals surface area contributed by atoms with E-state index in [4.69, 9.17) is 27.4 Å². The van der Waals surface area contributed by atoms with Crippen molar-refractivity contribution in [2.75, 3.05) is 18.4 Å². The van der Waals surface area contributed by atoms with E-state index in [1.165, 1.54) is 24.3 Å². The van der Waals surface area contributed by atoms with E-state index in [1.807, 2.05) is 12.1 Å². The lowest BCUT2D eigenvalue weighted by Crippen LogP contribution is -2.33. The van der Waals surface area contributed by atoms with Crippen LogP contribution in [0.15, 0.2) is 54.6 Å². The lowest BCUT2D eigenvalue weighted by molar-refractivity contribution is 0.0224. The fraction of sp³-hybridized carbons (Fsp3) is 0.167. The Hall–Kier alpha value is -3.53. The highest BCUT2D eigenvalue weighted by Crippen LogP contribution is 2.57. The van der Waals surface area contributed by atoms with Gasteiger partial charge in [-0.05, 0) is 61.6 Å². The number of aromatic hydroxyl groups is 2. The van der Waals surface area contributed by atoms with Gasteiger partial charge in [0.05, 0.1) is 5.56 Å². The van der Waals surface area contributed by atoms with Gasteiger partial charge < -0.3 is 36.1 Å². The molecule has 3 aromatic rings. The highest BCUT2D eigenvalue weighted by molar-refractivity contribution is 7.80. The van der Waals surface area contributed by atoms with Crippen molar-refractivity contribution in [3.63, 3.8) is 0 Å². The van der Waals surface area contributed by atoms with Crippen LogP contribution in [0.4, 0.5) is 5.69 Å². The van der Waals surface area contributed by atoms with Crippen LogP contribution in [0.3, 0.4) is 0 Å². The third kappa shape index (κ3) is 3.77. The molecule has 0 saturated heterocycles. The van der Waals surface area contributed by atoms with Crippen molar-refractivity contribution in [1.29, 1.82) is 0 Å². The Labute approximate surface area is 207 Å². The van der Waals surface area contributed by atoms with Crippen molar-refractivity contribution in [2.24, 2.45) is 5.73 Å². The number of carbonyl (C=O) groups is 1. The molecule has 34 heavy (non-hydrogen) atoms. The monoisotopic (exact) mass is 499 g/mol. The minimum atomic E-state index is -1.28. The molecule has 0 fully saturated rings. The van der Waals surface area contributed by atoms with Gasteiger partial charge in [0.2, 0.25) is 0 Å². The van der Waals surface area contributed by atoms with E-state index in [0.29, 0.717) is 57.6 Å². The number of hydrogen-bond donors (Lipinski definition) is 5. The van der Waals surface area contributed by atoms with Crippen molar-refractivity contribution in [3.05, 3.63) is 76.9 Å². The van der Waals surface area contributed by atoms with Gasteiger partial charge in [-0.1, -0.05) is 6.07 Å². The number of esters is 1. The summed E-state index contributed by atoms with van der Waals surface area (Å²) in [5.74, 6) is 0.178. The summed E-state index contributed by atoms with van der Waals surface area (Å²) in [6.07, 6.45) is 0.785. The largest absolute Gasteiger partial charge is 0.508 e. The summed E-state index contributed by atoms with van der Waals surface area (Å²) >= 11 is 5.31. The fourth-order valence-electron chi connectivity index (χ4n) is 4.26. The average molecular weight is 500 g/mol. The topological polar surface area (TPSA) is 126 Å². The molecule has 1 spiro atoms. The molecule has 2 aliphatic rings. The van der Waals surface area contributed by atoms with Gasteiger partial charge >= 0.3 is 5.97 Å². The summed E-state index contributed by atoms with van der Waals surface area (Å²) in [6, 6.07) is 14.6. The lowest BCUT2D eigenvalue weighted by Gasteiger charge is -2.36. The summed E-state index contributed by atoms with van der Waals surface area (Å²) in [4.78, 5) is 13.1. The minimum Gasteiger partial charge on any atom is -0.508 e. The fourth-order valence-corrected chi connectivity index (χ4v) is 4.48. The molecule has 0 atom stereocenters. The molecule has 3 aromatic carbocycles. The molecule has 8 nitrogen and oxygen atoms in total. The van der Waals surface area contributed by atoms with Gasteiger partial charge in [-0.2, -0.15) is 0 Å². The molecule has 6 N–H and O–H groups in total. The summed E-state index contributed by atoms with van der Waals surface area (Å²) < 4.78 is 12.0. The smallest absolute Gasteiger partial charge is 0.340 e. The Balaban J connectivity index is 0.00000274. The van der Waals surface area contributed by atoms with Gasteiger partial charge in [-0.15, -0.1) is 12.4 Å². The number of rotatable bonds is 4. The van der Waals surface area contributed by atoms with E-state index in [-0.39, 0.29) is 23.9 Å². The third-order valence-electron chi connectivity index (χ3n) is 5.70. The molecule has 0 unspecified atom stereocenters. The number of phenolic OH excluding ortho intramolecular Hbond substituents is 2. The summed E-state index contributed by atoms with van der Waals surface area (Å²) in [7, 11) is 0. The van der Waals surface area contributed by atoms with Crippen molar-refractivity contribution in [2.45, 2.75) is 12.0 Å². The highest BCUT2D eigenvalue weighted by atomic mass is 35.5. The van der Waals surface area contributed by atoms with E-state index in [0.717, 1.165) is 6.42 Å². The van der Waals surface area contributed by atoms with E-state index < -0.39 is 11.6 Å². The van der Waals surface area contributed by atoms with Crippen LogP contribution >= 0.6 is 24.6 Å². The van der Waals surface area contributed by atoms with Crippen LogP contribution in [0.1, 0.15) is 33.5 Å². The Morgan fingerprint density at radius 1 is 0.971 bits per heavy atom. The molecule has 2 aliphatic heterocycles. The zero-order valence-corrected chi connectivity index (χ0v) is 19.5. The number of fused-ring (bicyclic) bond motifs is 6. The number of thiocarbonyl (C=S) groups is 1. The second-order valence-corrected chi connectivity index (χ2v) is 8.23. The second kappa shape index (κ2) is 9.02. The maximum atomic E-state index is 13.1. The van der Waals surface area contributed by atoms with Crippen LogP contribution in [-0.2, 0) is 10.3 Å². The lowest BCUT2D eigenvalue weighted by atomic mass is 9.77. The number of carbonyl (C=O) groups excluding carboxylic acids is 1. The van der Waals surface area contributed by atoms with Crippen LogP contribution in [0, 0.1) is 0 Å². The number of ether oxygens (including phenoxy) is 2. The Morgan fingerprint density at radius 3 is 2.21 bits per heavy atom.